The summed E-state index contributed by atoms with van der Waals surface area (Å²) in [6, 6.07) is 5.49. The summed E-state index contributed by atoms with van der Waals surface area (Å²) in [4.78, 5) is 11.3. The van der Waals surface area contributed by atoms with Crippen LogP contribution in [-0.4, -0.2) is 19.6 Å². The Morgan fingerprint density at radius 2 is 2.28 bits per heavy atom. The molecule has 0 bridgehead atoms. The van der Waals surface area contributed by atoms with E-state index in [1.165, 1.54) is 7.11 Å². The molecule has 0 spiro atoms. The summed E-state index contributed by atoms with van der Waals surface area (Å²) in [5.74, 6) is -0.316. The number of ether oxygens (including phenoxy) is 1. The molecule has 0 saturated carbocycles. The second kappa shape index (κ2) is 8.06. The highest BCUT2D eigenvalue weighted by molar-refractivity contribution is 9.10. The zero-order valence-electron chi connectivity index (χ0n) is 10.7. The van der Waals surface area contributed by atoms with Crippen molar-refractivity contribution < 1.29 is 9.53 Å². The van der Waals surface area contributed by atoms with Crippen molar-refractivity contribution >= 4 is 21.9 Å². The van der Waals surface area contributed by atoms with Gasteiger partial charge in [0.1, 0.15) is 0 Å². The lowest BCUT2D eigenvalue weighted by atomic mass is 10.1. The van der Waals surface area contributed by atoms with E-state index in [0.717, 1.165) is 29.5 Å². The van der Waals surface area contributed by atoms with Crippen molar-refractivity contribution in [3.8, 4) is 0 Å². The van der Waals surface area contributed by atoms with Crippen molar-refractivity contribution in [2.24, 2.45) is 0 Å². The third-order valence-electron chi connectivity index (χ3n) is 2.51. The molecule has 0 heterocycles. The molecule has 0 aliphatic carbocycles. The maximum atomic E-state index is 11.3. The predicted octanol–water partition coefficient (Wildman–Crippen LogP) is 3.29. The number of carbonyl (C=O) groups is 1. The number of benzene rings is 1. The van der Waals surface area contributed by atoms with E-state index in [9.17, 15) is 4.79 Å². The van der Waals surface area contributed by atoms with Crippen molar-refractivity contribution in [2.45, 2.75) is 19.9 Å². The predicted molar refractivity (Wildman–Crippen MR) is 76.6 cm³/mol. The molecular weight excluding hydrogens is 294 g/mol. The number of hydrogen-bond donors (Lipinski definition) is 1. The van der Waals surface area contributed by atoms with Crippen LogP contribution in [0.25, 0.3) is 0 Å². The molecule has 0 amide bonds. The molecule has 0 aliphatic heterocycles. The number of halogens is 1. The average Bonchev–Trinajstić information content (AvgIpc) is 2.39. The van der Waals surface area contributed by atoms with Gasteiger partial charge in [0.2, 0.25) is 0 Å². The van der Waals surface area contributed by atoms with Crippen LogP contribution in [0.15, 0.2) is 34.8 Å². The second-order valence-corrected chi connectivity index (χ2v) is 4.69. The molecule has 1 N–H and O–H groups in total. The molecule has 0 aromatic heterocycles. The third-order valence-corrected chi connectivity index (χ3v) is 3.25. The molecule has 1 aromatic carbocycles. The Kier molecular flexibility index (Phi) is 6.68. The SMILES string of the molecule is C/C=C/CCNCc1ccc(C(=O)OC)cc1Br. The first kappa shape index (κ1) is 14.9. The normalized spacial score (nSPS) is 10.8. The van der Waals surface area contributed by atoms with Crippen molar-refractivity contribution in [2.75, 3.05) is 13.7 Å². The maximum absolute atomic E-state index is 11.3. The van der Waals surface area contributed by atoms with Gasteiger partial charge in [-0.2, -0.15) is 0 Å². The van der Waals surface area contributed by atoms with Crippen LogP contribution >= 0.6 is 15.9 Å². The number of rotatable bonds is 6. The number of esters is 1. The van der Waals surface area contributed by atoms with Crippen LogP contribution in [0.5, 0.6) is 0 Å². The van der Waals surface area contributed by atoms with Crippen molar-refractivity contribution in [1.29, 1.82) is 0 Å². The molecule has 1 aromatic rings. The fourth-order valence-electron chi connectivity index (χ4n) is 1.51. The molecule has 0 aliphatic rings. The van der Waals surface area contributed by atoms with Crippen LogP contribution in [0.1, 0.15) is 29.3 Å². The molecule has 0 radical (unpaired) electrons. The molecular formula is C14H18BrNO2. The highest BCUT2D eigenvalue weighted by Gasteiger charge is 2.07. The minimum atomic E-state index is -0.316. The number of allylic oxidation sites excluding steroid dienone is 1. The van der Waals surface area contributed by atoms with E-state index in [1.54, 1.807) is 12.1 Å². The Hall–Kier alpha value is -1.13. The molecule has 0 fully saturated rings. The minimum Gasteiger partial charge on any atom is -0.465 e. The highest BCUT2D eigenvalue weighted by Crippen LogP contribution is 2.19. The molecule has 3 nitrogen and oxygen atoms in total. The van der Waals surface area contributed by atoms with Gasteiger partial charge in [0.25, 0.3) is 0 Å². The summed E-state index contributed by atoms with van der Waals surface area (Å²) in [5.41, 5.74) is 1.69. The van der Waals surface area contributed by atoms with Gasteiger partial charge in [0, 0.05) is 11.0 Å². The second-order valence-electron chi connectivity index (χ2n) is 3.83. The van der Waals surface area contributed by atoms with E-state index in [1.807, 2.05) is 19.1 Å². The molecule has 0 atom stereocenters. The molecule has 0 saturated heterocycles. The first-order valence-electron chi connectivity index (χ1n) is 5.87. The number of methoxy groups -OCH3 is 1. The van der Waals surface area contributed by atoms with E-state index in [0.29, 0.717) is 5.56 Å². The van der Waals surface area contributed by atoms with Gasteiger partial charge in [-0.05, 0) is 37.6 Å². The van der Waals surface area contributed by atoms with E-state index < -0.39 is 0 Å². The van der Waals surface area contributed by atoms with Crippen LogP contribution < -0.4 is 5.32 Å². The lowest BCUT2D eigenvalue weighted by molar-refractivity contribution is 0.0600. The Morgan fingerprint density at radius 1 is 1.50 bits per heavy atom. The first-order chi connectivity index (χ1) is 8.69. The fraction of sp³-hybridized carbons (Fsp3) is 0.357. The van der Waals surface area contributed by atoms with Crippen molar-refractivity contribution in [3.63, 3.8) is 0 Å². The molecule has 98 valence electrons. The molecule has 18 heavy (non-hydrogen) atoms. The monoisotopic (exact) mass is 311 g/mol. The number of hydrogen-bond acceptors (Lipinski definition) is 3. The zero-order valence-corrected chi connectivity index (χ0v) is 12.3. The largest absolute Gasteiger partial charge is 0.465 e. The van der Waals surface area contributed by atoms with E-state index in [2.05, 4.69) is 32.1 Å². The van der Waals surface area contributed by atoms with Crippen molar-refractivity contribution in [1.82, 2.24) is 5.32 Å². The summed E-state index contributed by atoms with van der Waals surface area (Å²) < 4.78 is 5.59. The fourth-order valence-corrected chi connectivity index (χ4v) is 2.03. The smallest absolute Gasteiger partial charge is 0.337 e. The quantitative estimate of drug-likeness (QED) is 0.498. The Bertz CT molecular complexity index is 430. The number of nitrogens with one attached hydrogen (secondary N) is 1. The van der Waals surface area contributed by atoms with E-state index in [4.69, 9.17) is 0 Å². The lowest BCUT2D eigenvalue weighted by Gasteiger charge is -2.07. The van der Waals surface area contributed by atoms with Crippen LogP contribution in [0.4, 0.5) is 0 Å². The lowest BCUT2D eigenvalue weighted by Crippen LogP contribution is -2.14. The molecule has 0 unspecified atom stereocenters. The van der Waals surface area contributed by atoms with Crippen LogP contribution in [0, 0.1) is 0 Å². The Labute approximate surface area is 116 Å². The van der Waals surface area contributed by atoms with Gasteiger partial charge in [0.15, 0.2) is 0 Å². The van der Waals surface area contributed by atoms with Gasteiger partial charge in [-0.25, -0.2) is 4.79 Å². The summed E-state index contributed by atoms with van der Waals surface area (Å²) in [6.45, 7) is 3.73. The van der Waals surface area contributed by atoms with Crippen LogP contribution in [-0.2, 0) is 11.3 Å². The molecule has 1 rings (SSSR count). The summed E-state index contributed by atoms with van der Waals surface area (Å²) in [5, 5.41) is 3.34. The first-order valence-corrected chi connectivity index (χ1v) is 6.67. The zero-order chi connectivity index (χ0) is 13.4. The summed E-state index contributed by atoms with van der Waals surface area (Å²) >= 11 is 3.47. The van der Waals surface area contributed by atoms with Gasteiger partial charge in [0.05, 0.1) is 12.7 Å². The summed E-state index contributed by atoms with van der Waals surface area (Å²) in [7, 11) is 1.38. The highest BCUT2D eigenvalue weighted by atomic mass is 79.9. The van der Waals surface area contributed by atoms with Gasteiger partial charge < -0.3 is 10.1 Å². The Balaban J connectivity index is 2.54. The van der Waals surface area contributed by atoms with E-state index in [-0.39, 0.29) is 5.97 Å². The van der Waals surface area contributed by atoms with Crippen LogP contribution in [0.2, 0.25) is 0 Å². The van der Waals surface area contributed by atoms with E-state index >= 15 is 0 Å². The van der Waals surface area contributed by atoms with Crippen molar-refractivity contribution in [3.05, 3.63) is 46.0 Å². The van der Waals surface area contributed by atoms with Gasteiger partial charge in [-0.15, -0.1) is 0 Å². The van der Waals surface area contributed by atoms with Gasteiger partial charge in [-0.3, -0.25) is 0 Å². The minimum absolute atomic E-state index is 0.316. The topological polar surface area (TPSA) is 38.3 Å². The average molecular weight is 312 g/mol. The van der Waals surface area contributed by atoms with Gasteiger partial charge in [-0.1, -0.05) is 34.1 Å². The summed E-state index contributed by atoms with van der Waals surface area (Å²) in [6.07, 6.45) is 5.19. The van der Waals surface area contributed by atoms with Crippen LogP contribution in [0.3, 0.4) is 0 Å². The Morgan fingerprint density at radius 3 is 2.89 bits per heavy atom. The standard InChI is InChI=1S/C14H18BrNO2/c1-3-4-5-8-16-10-12-7-6-11(9-13(12)15)14(17)18-2/h3-4,6-7,9,16H,5,8,10H2,1-2H3/b4-3+. The number of carbonyl (C=O) groups excluding carboxylic acids is 1. The molecule has 4 heteroatoms. The third kappa shape index (κ3) is 4.63. The maximum Gasteiger partial charge on any atom is 0.337 e. The van der Waals surface area contributed by atoms with Gasteiger partial charge >= 0.3 is 5.97 Å².